The van der Waals surface area contributed by atoms with Gasteiger partial charge in [0.2, 0.25) is 0 Å². The Morgan fingerprint density at radius 3 is 2.65 bits per heavy atom. The van der Waals surface area contributed by atoms with Gasteiger partial charge >= 0.3 is 6.01 Å². The Balaban J connectivity index is 1.80. The molecule has 100 valence electrons. The summed E-state index contributed by atoms with van der Waals surface area (Å²) in [6.07, 6.45) is 0. The molecule has 0 aliphatic heterocycles. The molecule has 0 radical (unpaired) electrons. The van der Waals surface area contributed by atoms with E-state index in [1.165, 1.54) is 0 Å². The van der Waals surface area contributed by atoms with Crippen molar-refractivity contribution >= 4 is 22.8 Å². The van der Waals surface area contributed by atoms with Crippen molar-refractivity contribution < 1.29 is 9.52 Å². The van der Waals surface area contributed by atoms with Gasteiger partial charge in [-0.15, -0.1) is 0 Å². The molecule has 2 aromatic carbocycles. The Morgan fingerprint density at radius 1 is 1.15 bits per heavy atom. The molecule has 1 aromatic heterocycles. The number of aromatic nitrogens is 1. The maximum absolute atomic E-state index is 9.25. The highest BCUT2D eigenvalue weighted by molar-refractivity contribution is 5.99. The third kappa shape index (κ3) is 2.47. The number of para-hydroxylation sites is 2. The van der Waals surface area contributed by atoms with Crippen LogP contribution in [0.2, 0.25) is 0 Å². The Kier molecular flexibility index (Phi) is 3.09. The summed E-state index contributed by atoms with van der Waals surface area (Å²) in [7, 11) is 0. The quantitative estimate of drug-likeness (QED) is 0.564. The van der Waals surface area contributed by atoms with Crippen molar-refractivity contribution in [2.75, 3.05) is 5.43 Å². The van der Waals surface area contributed by atoms with Crippen LogP contribution in [0.3, 0.4) is 0 Å². The van der Waals surface area contributed by atoms with Gasteiger partial charge in [0.25, 0.3) is 0 Å². The lowest BCUT2D eigenvalue weighted by molar-refractivity contribution is 0.475. The zero-order valence-electron chi connectivity index (χ0n) is 10.9. The number of hydrazone groups is 1. The molecule has 0 aliphatic rings. The first kappa shape index (κ1) is 12.2. The number of oxazole rings is 1. The molecule has 0 amide bonds. The van der Waals surface area contributed by atoms with Crippen molar-refractivity contribution in [2.24, 2.45) is 5.10 Å². The number of benzene rings is 2. The van der Waals surface area contributed by atoms with Crippen LogP contribution in [0.4, 0.5) is 6.01 Å². The summed E-state index contributed by atoms with van der Waals surface area (Å²) in [4.78, 5) is 4.27. The molecule has 0 saturated heterocycles. The van der Waals surface area contributed by atoms with Crippen LogP contribution >= 0.6 is 0 Å². The van der Waals surface area contributed by atoms with Gasteiger partial charge in [0.1, 0.15) is 11.3 Å². The molecule has 5 heteroatoms. The molecule has 0 atom stereocenters. The van der Waals surface area contributed by atoms with Crippen molar-refractivity contribution in [1.29, 1.82) is 0 Å². The van der Waals surface area contributed by atoms with Crippen molar-refractivity contribution in [3.05, 3.63) is 54.1 Å². The molecule has 0 aliphatic carbocycles. The average Bonchev–Trinajstić information content (AvgIpc) is 2.88. The number of aromatic hydroxyl groups is 1. The summed E-state index contributed by atoms with van der Waals surface area (Å²) in [6.45, 7) is 1.86. The van der Waals surface area contributed by atoms with E-state index in [1.807, 2.05) is 31.2 Å². The minimum absolute atomic E-state index is 0.230. The second-order valence-corrected chi connectivity index (χ2v) is 4.34. The first-order chi connectivity index (χ1) is 9.72. The van der Waals surface area contributed by atoms with Gasteiger partial charge in [-0.2, -0.15) is 10.1 Å². The van der Waals surface area contributed by atoms with E-state index in [2.05, 4.69) is 15.5 Å². The Morgan fingerprint density at radius 2 is 1.90 bits per heavy atom. The number of hydrogen-bond donors (Lipinski definition) is 2. The lowest BCUT2D eigenvalue weighted by atomic mass is 10.1. The van der Waals surface area contributed by atoms with Gasteiger partial charge in [-0.05, 0) is 48.9 Å². The summed E-state index contributed by atoms with van der Waals surface area (Å²) < 4.78 is 5.50. The minimum atomic E-state index is 0.230. The van der Waals surface area contributed by atoms with E-state index < -0.39 is 0 Å². The Labute approximate surface area is 115 Å². The molecule has 0 saturated carbocycles. The minimum Gasteiger partial charge on any atom is -0.508 e. The summed E-state index contributed by atoms with van der Waals surface area (Å²) in [6, 6.07) is 14.7. The predicted molar refractivity (Wildman–Crippen MR) is 77.9 cm³/mol. The standard InChI is InChI=1S/C15H13N3O2/c1-10(11-6-8-12(19)9-7-11)17-18-15-16-13-4-2-3-5-14(13)20-15/h2-9,19H,1H3,(H,16,18)/b17-10+. The molecule has 3 rings (SSSR count). The number of anilines is 1. The predicted octanol–water partition coefficient (Wildman–Crippen LogP) is 3.37. The first-order valence-corrected chi connectivity index (χ1v) is 6.17. The molecular weight excluding hydrogens is 254 g/mol. The number of hydrogen-bond acceptors (Lipinski definition) is 5. The highest BCUT2D eigenvalue weighted by Gasteiger charge is 2.04. The SMILES string of the molecule is C/C(=N\Nc1nc2ccccc2o1)c1ccc(O)cc1. The second kappa shape index (κ2) is 5.05. The Hall–Kier alpha value is -2.82. The number of nitrogens with zero attached hydrogens (tertiary/aromatic N) is 2. The molecule has 3 aromatic rings. The molecule has 1 heterocycles. The fourth-order valence-corrected chi connectivity index (χ4v) is 1.82. The van der Waals surface area contributed by atoms with E-state index in [1.54, 1.807) is 24.3 Å². The lowest BCUT2D eigenvalue weighted by Crippen LogP contribution is -1.99. The number of phenols is 1. The van der Waals surface area contributed by atoms with Crippen LogP contribution < -0.4 is 5.43 Å². The van der Waals surface area contributed by atoms with Crippen LogP contribution in [0, 0.1) is 0 Å². The van der Waals surface area contributed by atoms with Crippen LogP contribution in [0.1, 0.15) is 12.5 Å². The topological polar surface area (TPSA) is 70.7 Å². The van der Waals surface area contributed by atoms with E-state index in [4.69, 9.17) is 4.42 Å². The molecule has 2 N–H and O–H groups in total. The van der Waals surface area contributed by atoms with Gasteiger partial charge in [-0.25, -0.2) is 5.43 Å². The number of phenolic OH excluding ortho intramolecular Hbond substituents is 1. The van der Waals surface area contributed by atoms with E-state index in [0.29, 0.717) is 11.6 Å². The van der Waals surface area contributed by atoms with Crippen molar-refractivity contribution in [1.82, 2.24) is 4.98 Å². The van der Waals surface area contributed by atoms with E-state index in [-0.39, 0.29) is 5.75 Å². The summed E-state index contributed by atoms with van der Waals surface area (Å²) in [5.74, 6) is 0.230. The van der Waals surface area contributed by atoms with Crippen LogP contribution in [-0.2, 0) is 0 Å². The monoisotopic (exact) mass is 267 g/mol. The van der Waals surface area contributed by atoms with Gasteiger partial charge in [-0.1, -0.05) is 12.1 Å². The van der Waals surface area contributed by atoms with E-state index in [9.17, 15) is 5.11 Å². The highest BCUT2D eigenvalue weighted by atomic mass is 16.4. The number of nitrogens with one attached hydrogen (secondary N) is 1. The molecule has 20 heavy (non-hydrogen) atoms. The molecule has 0 bridgehead atoms. The van der Waals surface area contributed by atoms with Crippen molar-refractivity contribution in [3.63, 3.8) is 0 Å². The largest absolute Gasteiger partial charge is 0.508 e. The van der Waals surface area contributed by atoms with Gasteiger partial charge < -0.3 is 9.52 Å². The van der Waals surface area contributed by atoms with Crippen LogP contribution in [0.25, 0.3) is 11.1 Å². The summed E-state index contributed by atoms with van der Waals surface area (Å²) in [5.41, 5.74) is 5.97. The van der Waals surface area contributed by atoms with E-state index >= 15 is 0 Å². The molecule has 5 nitrogen and oxygen atoms in total. The lowest BCUT2D eigenvalue weighted by Gasteiger charge is -2.00. The third-order valence-electron chi connectivity index (χ3n) is 2.90. The first-order valence-electron chi connectivity index (χ1n) is 6.17. The maximum Gasteiger partial charge on any atom is 0.316 e. The second-order valence-electron chi connectivity index (χ2n) is 4.34. The molecule has 0 unspecified atom stereocenters. The zero-order chi connectivity index (χ0) is 13.9. The number of rotatable bonds is 3. The fraction of sp³-hybridized carbons (Fsp3) is 0.0667. The summed E-state index contributed by atoms with van der Waals surface area (Å²) >= 11 is 0. The molecule has 0 fully saturated rings. The van der Waals surface area contributed by atoms with Crippen LogP contribution in [-0.4, -0.2) is 15.8 Å². The highest BCUT2D eigenvalue weighted by Crippen LogP contribution is 2.18. The van der Waals surface area contributed by atoms with Crippen LogP contribution in [0.5, 0.6) is 5.75 Å². The third-order valence-corrected chi connectivity index (χ3v) is 2.90. The van der Waals surface area contributed by atoms with Crippen LogP contribution in [0.15, 0.2) is 58.0 Å². The van der Waals surface area contributed by atoms with Crippen molar-refractivity contribution in [3.8, 4) is 5.75 Å². The zero-order valence-corrected chi connectivity index (χ0v) is 10.9. The molecule has 0 spiro atoms. The average molecular weight is 267 g/mol. The smallest absolute Gasteiger partial charge is 0.316 e. The van der Waals surface area contributed by atoms with Gasteiger partial charge in [0.05, 0.1) is 5.71 Å². The van der Waals surface area contributed by atoms with Crippen molar-refractivity contribution in [2.45, 2.75) is 6.92 Å². The van der Waals surface area contributed by atoms with Gasteiger partial charge in [0, 0.05) is 0 Å². The fourth-order valence-electron chi connectivity index (χ4n) is 1.82. The Bertz CT molecular complexity index is 727. The van der Waals surface area contributed by atoms with Gasteiger partial charge in [0.15, 0.2) is 5.58 Å². The van der Waals surface area contributed by atoms with E-state index in [0.717, 1.165) is 16.8 Å². The maximum atomic E-state index is 9.25. The normalized spacial score (nSPS) is 11.8. The summed E-state index contributed by atoms with van der Waals surface area (Å²) in [5, 5.41) is 13.5. The molecular formula is C15H13N3O2. The number of fused-ring (bicyclic) bond motifs is 1. The van der Waals surface area contributed by atoms with Gasteiger partial charge in [-0.3, -0.25) is 0 Å².